The Balaban J connectivity index is 0.00000176. The third kappa shape index (κ3) is 5.80. The molecule has 0 spiro atoms. The van der Waals surface area contributed by atoms with Gasteiger partial charge in [-0.3, -0.25) is 9.59 Å². The van der Waals surface area contributed by atoms with Crippen LogP contribution in [0.3, 0.4) is 0 Å². The molecule has 0 fully saturated rings. The van der Waals surface area contributed by atoms with Crippen LogP contribution in [0.1, 0.15) is 62.4 Å². The van der Waals surface area contributed by atoms with Gasteiger partial charge in [0.1, 0.15) is 0 Å². The molecule has 1 aromatic carbocycles. The highest BCUT2D eigenvalue weighted by Crippen LogP contribution is 2.36. The molecule has 0 saturated heterocycles. The molecule has 148 valence electrons. The van der Waals surface area contributed by atoms with Crippen molar-refractivity contribution in [1.82, 2.24) is 5.32 Å². The molecule has 5 heteroatoms. The molecule has 0 radical (unpaired) electrons. The minimum atomic E-state index is -0.220. The van der Waals surface area contributed by atoms with Gasteiger partial charge in [-0.1, -0.05) is 45.4 Å². The lowest BCUT2D eigenvalue weighted by molar-refractivity contribution is -0.119. The van der Waals surface area contributed by atoms with Gasteiger partial charge in [-0.25, -0.2) is 0 Å². The Hall–Kier alpha value is -1.88. The van der Waals surface area contributed by atoms with E-state index in [0.717, 1.165) is 24.8 Å². The normalized spacial score (nSPS) is 15.7. The topological polar surface area (TPSA) is 58.2 Å². The number of aryl methyl sites for hydroxylation is 1. The fourth-order valence-electron chi connectivity index (χ4n) is 3.30. The minimum Gasteiger partial charge on any atom is -0.355 e. The van der Waals surface area contributed by atoms with Crippen LogP contribution in [0.25, 0.3) is 0 Å². The third-order valence-electron chi connectivity index (χ3n) is 4.54. The molecule has 2 rings (SSSR count). The number of hydrogen-bond donors (Lipinski definition) is 2. The van der Waals surface area contributed by atoms with E-state index in [-0.39, 0.29) is 17.7 Å². The van der Waals surface area contributed by atoms with Crippen LogP contribution in [0.4, 0.5) is 5.69 Å². The number of allylic oxidation sites excluding steroid dienone is 3. The van der Waals surface area contributed by atoms with Crippen molar-refractivity contribution < 1.29 is 9.59 Å². The number of nitrogens with one attached hydrogen (secondary N) is 2. The minimum absolute atomic E-state index is 0.0554. The van der Waals surface area contributed by atoms with Gasteiger partial charge >= 0.3 is 0 Å². The highest BCUT2D eigenvalue weighted by Gasteiger charge is 2.29. The molecular formula is C22H31BrN2O2. The highest BCUT2D eigenvalue weighted by molar-refractivity contribution is 9.10. The first-order chi connectivity index (χ1) is 12.9. The lowest BCUT2D eigenvalue weighted by Gasteiger charge is -2.16. The number of amides is 2. The van der Waals surface area contributed by atoms with Crippen molar-refractivity contribution in [2.75, 3.05) is 12.4 Å². The smallest absolute Gasteiger partial charge is 0.253 e. The van der Waals surface area contributed by atoms with Crippen molar-refractivity contribution in [3.8, 4) is 0 Å². The highest BCUT2D eigenvalue weighted by atomic mass is 79.9. The second-order valence-electron chi connectivity index (χ2n) is 6.43. The summed E-state index contributed by atoms with van der Waals surface area (Å²) in [5.74, 6) is -0.386. The maximum absolute atomic E-state index is 12.8. The van der Waals surface area contributed by atoms with Crippen LogP contribution < -0.4 is 10.6 Å². The van der Waals surface area contributed by atoms with Gasteiger partial charge in [0.05, 0.1) is 11.3 Å². The summed E-state index contributed by atoms with van der Waals surface area (Å²) in [7, 11) is 1.58. The number of carbonyl (C=O) groups is 2. The Morgan fingerprint density at radius 2 is 1.96 bits per heavy atom. The molecule has 0 aromatic heterocycles. The van der Waals surface area contributed by atoms with E-state index in [0.29, 0.717) is 22.1 Å². The van der Waals surface area contributed by atoms with Crippen LogP contribution in [0.2, 0.25) is 0 Å². The molecule has 2 N–H and O–H groups in total. The quantitative estimate of drug-likeness (QED) is 0.596. The SMILES string of the molecule is C=CC1=C(CCC)CC(C(=O)Nc2c(Br)cc(C)cc2C(=O)NC)C1.CC. The predicted octanol–water partition coefficient (Wildman–Crippen LogP) is 5.77. The summed E-state index contributed by atoms with van der Waals surface area (Å²) < 4.78 is 0.711. The van der Waals surface area contributed by atoms with Gasteiger partial charge in [-0.2, -0.15) is 0 Å². The molecule has 0 bridgehead atoms. The van der Waals surface area contributed by atoms with Crippen molar-refractivity contribution >= 4 is 33.4 Å². The number of anilines is 1. The molecule has 1 aliphatic carbocycles. The number of rotatable bonds is 6. The van der Waals surface area contributed by atoms with E-state index in [2.05, 4.69) is 40.1 Å². The average Bonchev–Trinajstić information content (AvgIpc) is 3.08. The van der Waals surface area contributed by atoms with Gasteiger partial charge in [0, 0.05) is 17.4 Å². The first-order valence-corrected chi connectivity index (χ1v) is 10.4. The van der Waals surface area contributed by atoms with Gasteiger partial charge in [0.25, 0.3) is 5.91 Å². The molecule has 4 nitrogen and oxygen atoms in total. The molecule has 27 heavy (non-hydrogen) atoms. The lowest BCUT2D eigenvalue weighted by Crippen LogP contribution is -2.25. The standard InChI is InChI=1S/C20H25BrN2O2.C2H6/c1-5-7-14-11-15(10-13(14)6-2)19(24)23-18-16(20(25)22-4)8-12(3)9-17(18)21;1-2/h6,8-9,15H,2,5,7,10-11H2,1,3-4H3,(H,22,25)(H,23,24);1-2H3. The van der Waals surface area contributed by atoms with Crippen molar-refractivity contribution in [3.63, 3.8) is 0 Å². The van der Waals surface area contributed by atoms with Gasteiger partial charge in [-0.05, 0) is 65.4 Å². The van der Waals surface area contributed by atoms with Crippen LogP contribution in [0.15, 0.2) is 40.4 Å². The Labute approximate surface area is 171 Å². The molecule has 2 amide bonds. The van der Waals surface area contributed by atoms with E-state index < -0.39 is 0 Å². The Kier molecular flexibility index (Phi) is 9.50. The van der Waals surface area contributed by atoms with E-state index in [1.165, 1.54) is 11.1 Å². The molecule has 1 atom stereocenters. The van der Waals surface area contributed by atoms with E-state index in [4.69, 9.17) is 0 Å². The molecule has 1 unspecified atom stereocenters. The third-order valence-corrected chi connectivity index (χ3v) is 5.16. The second-order valence-corrected chi connectivity index (χ2v) is 7.28. The number of hydrogen-bond acceptors (Lipinski definition) is 2. The van der Waals surface area contributed by atoms with Crippen LogP contribution in [-0.4, -0.2) is 18.9 Å². The van der Waals surface area contributed by atoms with Crippen molar-refractivity contribution in [2.45, 2.75) is 53.4 Å². The molecule has 0 saturated carbocycles. The summed E-state index contributed by atoms with van der Waals surface area (Å²) in [4.78, 5) is 25.0. The van der Waals surface area contributed by atoms with Gasteiger partial charge in [-0.15, -0.1) is 0 Å². The average molecular weight is 435 g/mol. The monoisotopic (exact) mass is 434 g/mol. The van der Waals surface area contributed by atoms with Crippen LogP contribution in [0.5, 0.6) is 0 Å². The maximum atomic E-state index is 12.8. The van der Waals surface area contributed by atoms with E-state index in [1.807, 2.05) is 32.9 Å². The summed E-state index contributed by atoms with van der Waals surface area (Å²) in [5, 5.41) is 5.59. The van der Waals surface area contributed by atoms with Gasteiger partial charge < -0.3 is 10.6 Å². The van der Waals surface area contributed by atoms with E-state index >= 15 is 0 Å². The molecule has 1 aliphatic rings. The fraction of sp³-hybridized carbons (Fsp3) is 0.455. The van der Waals surface area contributed by atoms with Gasteiger partial charge in [0.2, 0.25) is 5.91 Å². The maximum Gasteiger partial charge on any atom is 0.253 e. The fourth-order valence-corrected chi connectivity index (χ4v) is 3.97. The van der Waals surface area contributed by atoms with E-state index in [1.54, 1.807) is 13.1 Å². The number of carbonyl (C=O) groups excluding carboxylic acids is 2. The van der Waals surface area contributed by atoms with E-state index in [9.17, 15) is 9.59 Å². The first-order valence-electron chi connectivity index (χ1n) is 9.57. The zero-order valence-corrected chi connectivity index (χ0v) is 18.6. The van der Waals surface area contributed by atoms with Crippen molar-refractivity contribution in [3.05, 3.63) is 51.5 Å². The molecule has 1 aromatic rings. The lowest BCUT2D eigenvalue weighted by atomic mass is 10.0. The second kappa shape index (κ2) is 11.1. The largest absolute Gasteiger partial charge is 0.355 e. The first kappa shape index (κ1) is 23.2. The summed E-state index contributed by atoms with van der Waals surface area (Å²) in [6.07, 6.45) is 5.41. The Morgan fingerprint density at radius 1 is 1.30 bits per heavy atom. The van der Waals surface area contributed by atoms with Crippen molar-refractivity contribution in [1.29, 1.82) is 0 Å². The summed E-state index contributed by atoms with van der Waals surface area (Å²) in [6, 6.07) is 3.68. The zero-order chi connectivity index (χ0) is 20.6. The molecule has 0 aliphatic heterocycles. The summed E-state index contributed by atoms with van der Waals surface area (Å²) >= 11 is 3.47. The number of halogens is 1. The molecule has 0 heterocycles. The molecular weight excluding hydrogens is 404 g/mol. The number of benzene rings is 1. The Morgan fingerprint density at radius 3 is 2.52 bits per heavy atom. The van der Waals surface area contributed by atoms with Crippen LogP contribution in [0, 0.1) is 12.8 Å². The summed E-state index contributed by atoms with van der Waals surface area (Å²) in [5.41, 5.74) is 4.46. The van der Waals surface area contributed by atoms with Crippen molar-refractivity contribution in [2.24, 2.45) is 5.92 Å². The van der Waals surface area contributed by atoms with Gasteiger partial charge in [0.15, 0.2) is 0 Å². The predicted molar refractivity (Wildman–Crippen MR) is 117 cm³/mol. The summed E-state index contributed by atoms with van der Waals surface area (Å²) in [6.45, 7) is 11.9. The van der Waals surface area contributed by atoms with Crippen LogP contribution >= 0.6 is 15.9 Å². The zero-order valence-electron chi connectivity index (χ0n) is 17.0. The Bertz CT molecular complexity index is 738. The van der Waals surface area contributed by atoms with Crippen LogP contribution in [-0.2, 0) is 4.79 Å².